The van der Waals surface area contributed by atoms with Crippen molar-refractivity contribution in [1.29, 1.82) is 0 Å². The molecule has 1 saturated heterocycles. The molecule has 1 rings (SSSR count). The van der Waals surface area contributed by atoms with Gasteiger partial charge in [0, 0.05) is 6.04 Å². The van der Waals surface area contributed by atoms with E-state index in [2.05, 4.69) is 38.3 Å². The predicted molar refractivity (Wildman–Crippen MR) is 76.5 cm³/mol. The highest BCUT2D eigenvalue weighted by Crippen LogP contribution is 2.20. The topological polar surface area (TPSA) is 41.1 Å². The first-order valence-electron chi connectivity index (χ1n) is 7.66. The number of nitrogens with one attached hydrogen (secondary N) is 2. The summed E-state index contributed by atoms with van der Waals surface area (Å²) in [7, 11) is 0. The van der Waals surface area contributed by atoms with E-state index in [1.54, 1.807) is 0 Å². The number of hydrogen-bond donors (Lipinski definition) is 2. The monoisotopic (exact) mass is 254 g/mol. The van der Waals surface area contributed by atoms with Gasteiger partial charge in [0.25, 0.3) is 0 Å². The second kappa shape index (κ2) is 7.78. The Morgan fingerprint density at radius 2 is 2.00 bits per heavy atom. The average molecular weight is 254 g/mol. The molecule has 0 spiro atoms. The summed E-state index contributed by atoms with van der Waals surface area (Å²) < 4.78 is 0. The van der Waals surface area contributed by atoms with Crippen molar-refractivity contribution in [2.75, 3.05) is 6.54 Å². The van der Waals surface area contributed by atoms with Crippen molar-refractivity contribution in [2.45, 2.75) is 71.9 Å². The summed E-state index contributed by atoms with van der Waals surface area (Å²) >= 11 is 0. The van der Waals surface area contributed by atoms with Crippen LogP contribution in [0.4, 0.5) is 0 Å². The summed E-state index contributed by atoms with van der Waals surface area (Å²) in [5.41, 5.74) is 0. The molecule has 3 heteroatoms. The van der Waals surface area contributed by atoms with E-state index in [9.17, 15) is 4.79 Å². The van der Waals surface area contributed by atoms with Gasteiger partial charge in [-0.15, -0.1) is 0 Å². The summed E-state index contributed by atoms with van der Waals surface area (Å²) in [4.78, 5) is 12.2. The maximum absolute atomic E-state index is 12.2. The summed E-state index contributed by atoms with van der Waals surface area (Å²) in [6.07, 6.45) is 5.66. The van der Waals surface area contributed by atoms with Crippen molar-refractivity contribution in [2.24, 2.45) is 11.8 Å². The molecule has 0 aromatic heterocycles. The Labute approximate surface area is 112 Å². The summed E-state index contributed by atoms with van der Waals surface area (Å²) in [5.74, 6) is 1.51. The molecule has 0 aromatic rings. The van der Waals surface area contributed by atoms with Crippen molar-refractivity contribution in [3.8, 4) is 0 Å². The minimum atomic E-state index is 0.0283. The van der Waals surface area contributed by atoms with E-state index in [-0.39, 0.29) is 18.0 Å². The lowest BCUT2D eigenvalue weighted by atomic mass is 9.89. The largest absolute Gasteiger partial charge is 0.352 e. The van der Waals surface area contributed by atoms with Crippen molar-refractivity contribution in [3.63, 3.8) is 0 Å². The fraction of sp³-hybridized carbons (Fsp3) is 0.933. The van der Waals surface area contributed by atoms with Crippen LogP contribution in [0, 0.1) is 11.8 Å². The molecule has 1 aliphatic rings. The van der Waals surface area contributed by atoms with Crippen LogP contribution in [0.25, 0.3) is 0 Å². The van der Waals surface area contributed by atoms with Crippen molar-refractivity contribution >= 4 is 5.91 Å². The van der Waals surface area contributed by atoms with E-state index in [0.29, 0.717) is 11.8 Å². The Hall–Kier alpha value is -0.570. The molecule has 1 aliphatic heterocycles. The number of hydrogen-bond acceptors (Lipinski definition) is 2. The van der Waals surface area contributed by atoms with Gasteiger partial charge in [-0.2, -0.15) is 0 Å². The molecule has 3 atom stereocenters. The molecule has 1 amide bonds. The normalized spacial score (nSPS) is 26.1. The lowest BCUT2D eigenvalue weighted by molar-refractivity contribution is -0.125. The Kier molecular flexibility index (Phi) is 6.69. The molecule has 0 radical (unpaired) electrons. The molecule has 3 nitrogen and oxygen atoms in total. The zero-order chi connectivity index (χ0) is 13.5. The van der Waals surface area contributed by atoms with Gasteiger partial charge in [-0.25, -0.2) is 0 Å². The molecule has 1 fully saturated rings. The van der Waals surface area contributed by atoms with Crippen LogP contribution >= 0.6 is 0 Å². The molecule has 1 heterocycles. The van der Waals surface area contributed by atoms with Gasteiger partial charge in [0.05, 0.1) is 6.04 Å². The van der Waals surface area contributed by atoms with Gasteiger partial charge in [-0.05, 0) is 38.1 Å². The summed E-state index contributed by atoms with van der Waals surface area (Å²) in [6.45, 7) is 9.73. The summed E-state index contributed by atoms with van der Waals surface area (Å²) in [6, 6.07) is 0.316. The Morgan fingerprint density at radius 3 is 2.56 bits per heavy atom. The molecule has 106 valence electrons. The molecule has 0 aliphatic carbocycles. The zero-order valence-corrected chi connectivity index (χ0v) is 12.5. The summed E-state index contributed by atoms with van der Waals surface area (Å²) in [5, 5.41) is 6.55. The highest BCUT2D eigenvalue weighted by molar-refractivity contribution is 5.82. The fourth-order valence-corrected chi connectivity index (χ4v) is 3.01. The lowest BCUT2D eigenvalue weighted by Crippen LogP contribution is -2.51. The van der Waals surface area contributed by atoms with Crippen LogP contribution in [-0.4, -0.2) is 24.5 Å². The first-order chi connectivity index (χ1) is 8.62. The Balaban J connectivity index is 2.44. The fourth-order valence-electron chi connectivity index (χ4n) is 3.01. The van der Waals surface area contributed by atoms with Gasteiger partial charge in [0.1, 0.15) is 0 Å². The zero-order valence-electron chi connectivity index (χ0n) is 12.5. The quantitative estimate of drug-likeness (QED) is 0.765. The third-order valence-electron chi connectivity index (χ3n) is 4.53. The third-order valence-corrected chi connectivity index (χ3v) is 4.53. The van der Waals surface area contributed by atoms with Gasteiger partial charge in [0.2, 0.25) is 5.91 Å². The molecule has 0 aromatic carbocycles. The molecular weight excluding hydrogens is 224 g/mol. The highest BCUT2D eigenvalue weighted by Gasteiger charge is 2.27. The molecule has 2 N–H and O–H groups in total. The molecule has 3 unspecified atom stereocenters. The second-order valence-corrected chi connectivity index (χ2v) is 5.68. The van der Waals surface area contributed by atoms with Gasteiger partial charge >= 0.3 is 0 Å². The van der Waals surface area contributed by atoms with Crippen LogP contribution in [-0.2, 0) is 4.79 Å². The number of carbonyl (C=O) groups excluding carboxylic acids is 1. The van der Waals surface area contributed by atoms with E-state index < -0.39 is 0 Å². The van der Waals surface area contributed by atoms with E-state index >= 15 is 0 Å². The van der Waals surface area contributed by atoms with Crippen LogP contribution in [0.15, 0.2) is 0 Å². The highest BCUT2D eigenvalue weighted by atomic mass is 16.2. The van der Waals surface area contributed by atoms with Gasteiger partial charge in [-0.1, -0.05) is 40.0 Å². The van der Waals surface area contributed by atoms with Crippen LogP contribution in [0.2, 0.25) is 0 Å². The third kappa shape index (κ3) is 4.27. The smallest absolute Gasteiger partial charge is 0.237 e. The predicted octanol–water partition coefficient (Wildman–Crippen LogP) is 2.71. The minimum absolute atomic E-state index is 0.0283. The van der Waals surface area contributed by atoms with E-state index in [1.165, 1.54) is 12.8 Å². The van der Waals surface area contributed by atoms with Gasteiger partial charge < -0.3 is 10.6 Å². The second-order valence-electron chi connectivity index (χ2n) is 5.68. The van der Waals surface area contributed by atoms with Crippen molar-refractivity contribution in [3.05, 3.63) is 0 Å². The molecule has 18 heavy (non-hydrogen) atoms. The minimum Gasteiger partial charge on any atom is -0.352 e. The maximum atomic E-state index is 12.2. The van der Waals surface area contributed by atoms with Gasteiger partial charge in [0.15, 0.2) is 0 Å². The maximum Gasteiger partial charge on any atom is 0.237 e. The number of rotatable bonds is 6. The lowest BCUT2D eigenvalue weighted by Gasteiger charge is -2.31. The first-order valence-corrected chi connectivity index (χ1v) is 7.66. The Bertz CT molecular complexity index is 251. The van der Waals surface area contributed by atoms with Crippen LogP contribution in [0.3, 0.4) is 0 Å². The van der Waals surface area contributed by atoms with Crippen molar-refractivity contribution < 1.29 is 4.79 Å². The van der Waals surface area contributed by atoms with Gasteiger partial charge in [-0.3, -0.25) is 4.79 Å². The Morgan fingerprint density at radius 1 is 1.33 bits per heavy atom. The van der Waals surface area contributed by atoms with Crippen molar-refractivity contribution in [1.82, 2.24) is 10.6 Å². The van der Waals surface area contributed by atoms with E-state index in [0.717, 1.165) is 25.8 Å². The van der Waals surface area contributed by atoms with Crippen LogP contribution in [0.5, 0.6) is 0 Å². The molecule has 0 saturated carbocycles. The van der Waals surface area contributed by atoms with Crippen LogP contribution in [0.1, 0.15) is 59.8 Å². The van der Waals surface area contributed by atoms with Crippen LogP contribution < -0.4 is 10.6 Å². The first kappa shape index (κ1) is 15.5. The average Bonchev–Trinajstić information content (AvgIpc) is 2.40. The van der Waals surface area contributed by atoms with E-state index in [1.807, 2.05) is 0 Å². The number of piperidine rings is 1. The standard InChI is InChI=1S/C15H30N2O/c1-5-12-8-9-16-14(10-12)15(18)17-11(4)13(6-2)7-3/h11-14,16H,5-10H2,1-4H3,(H,17,18). The number of carbonyl (C=O) groups is 1. The SMILES string of the molecule is CCC1CCNC(C(=O)NC(C)C(CC)CC)C1. The molecular formula is C15H30N2O. The number of amides is 1. The van der Waals surface area contributed by atoms with E-state index in [4.69, 9.17) is 0 Å². The molecule has 0 bridgehead atoms.